The summed E-state index contributed by atoms with van der Waals surface area (Å²) in [6.07, 6.45) is 0. The first-order chi connectivity index (χ1) is 31.7. The Labute approximate surface area is 369 Å². The lowest BCUT2D eigenvalue weighted by molar-refractivity contribution is 0.669. The number of hydrogen-bond acceptors (Lipinski definition) is 5. The van der Waals surface area contributed by atoms with E-state index in [4.69, 9.17) is 19.4 Å². The second kappa shape index (κ2) is 13.6. The lowest BCUT2D eigenvalue weighted by atomic mass is 10.0. The molecule has 0 bridgehead atoms. The Morgan fingerprint density at radius 1 is 0.375 bits per heavy atom. The third-order valence-corrected chi connectivity index (χ3v) is 13.9. The summed E-state index contributed by atoms with van der Waals surface area (Å²) >= 11 is 1.79. The topological polar surface area (TPSA) is 61.7 Å². The van der Waals surface area contributed by atoms with Gasteiger partial charge in [0.1, 0.15) is 11.2 Å². The van der Waals surface area contributed by atoms with E-state index < -0.39 is 0 Å². The van der Waals surface area contributed by atoms with Crippen LogP contribution in [0.2, 0.25) is 0 Å². The minimum absolute atomic E-state index is 0.603. The summed E-state index contributed by atoms with van der Waals surface area (Å²) in [6.45, 7) is 0. The number of fused-ring (bicyclic) bond motifs is 12. The zero-order valence-electron chi connectivity index (χ0n) is 34.1. The number of nitrogens with zero attached hydrogens (tertiary/aromatic N) is 5. The third kappa shape index (κ3) is 5.16. The van der Waals surface area contributed by atoms with Crippen LogP contribution in [0.15, 0.2) is 205 Å². The van der Waals surface area contributed by atoms with Crippen molar-refractivity contribution < 1.29 is 4.42 Å². The number of hydrogen-bond donors (Lipinski definition) is 0. The van der Waals surface area contributed by atoms with Crippen molar-refractivity contribution >= 4 is 97.1 Å². The zero-order chi connectivity index (χ0) is 41.9. The lowest BCUT2D eigenvalue weighted by Gasteiger charge is -2.14. The Kier molecular flexibility index (Phi) is 7.46. The molecule has 6 nitrogen and oxygen atoms in total. The van der Waals surface area contributed by atoms with E-state index in [9.17, 15) is 0 Å². The van der Waals surface area contributed by atoms with Gasteiger partial charge in [0.05, 0.1) is 27.8 Å². The summed E-state index contributed by atoms with van der Waals surface area (Å²) in [5.41, 5.74) is 11.3. The Morgan fingerprint density at radius 2 is 0.953 bits per heavy atom. The first-order valence-corrected chi connectivity index (χ1v) is 22.3. The van der Waals surface area contributed by atoms with Crippen LogP contribution in [-0.2, 0) is 0 Å². The van der Waals surface area contributed by atoms with E-state index in [-0.39, 0.29) is 0 Å². The molecule has 0 saturated carbocycles. The van der Waals surface area contributed by atoms with E-state index in [1.165, 1.54) is 31.1 Å². The average Bonchev–Trinajstić information content (AvgIpc) is 4.11. The van der Waals surface area contributed by atoms with E-state index in [2.05, 4.69) is 185 Å². The Bertz CT molecular complexity index is 4210. The van der Waals surface area contributed by atoms with Gasteiger partial charge in [-0.3, -0.25) is 0 Å². The highest BCUT2D eigenvalue weighted by molar-refractivity contribution is 7.25. The fourth-order valence-electron chi connectivity index (χ4n) is 9.98. The van der Waals surface area contributed by atoms with Crippen LogP contribution in [0.1, 0.15) is 0 Å². The standard InChI is InChI=1S/C57H33N5OS/c1-2-14-36(15-3-1)61-45-22-8-4-16-37(45)40-20-12-24-48(54(40)61)62-46-23-9-5-17-38(46)43-32-34(28-30-47(43)62)55-58-56(35-29-31-50-44(33-35)39-18-6-10-25-49(39)63-50)60-57(59-55)42-21-13-27-52-53(42)41-19-7-11-26-51(41)64-52/h1-33H. The summed E-state index contributed by atoms with van der Waals surface area (Å²) in [7, 11) is 0. The molecule has 0 aliphatic heterocycles. The van der Waals surface area contributed by atoms with Gasteiger partial charge in [0.25, 0.3) is 0 Å². The van der Waals surface area contributed by atoms with Crippen LogP contribution in [0, 0.1) is 0 Å². The SMILES string of the molecule is c1ccc(-n2c3ccccc3c3cccc(-n4c5ccccc5c5cc(-c6nc(-c7ccc8oc9ccccc9c8c7)nc(-c7cccc8sc9ccccc9c78)n6)ccc54)c32)cc1. The maximum absolute atomic E-state index is 6.23. The van der Waals surface area contributed by atoms with Crippen LogP contribution >= 0.6 is 11.3 Å². The Morgan fingerprint density at radius 3 is 1.78 bits per heavy atom. The molecule has 0 radical (unpaired) electrons. The van der Waals surface area contributed by atoms with Gasteiger partial charge in [-0.25, -0.2) is 15.0 Å². The van der Waals surface area contributed by atoms with Crippen molar-refractivity contribution in [1.29, 1.82) is 0 Å². The summed E-state index contributed by atoms with van der Waals surface area (Å²) in [5.74, 6) is 1.85. The number of benzene rings is 9. The molecular formula is C57H33N5OS. The quantitative estimate of drug-likeness (QED) is 0.173. The second-order valence-electron chi connectivity index (χ2n) is 16.3. The minimum Gasteiger partial charge on any atom is -0.456 e. The monoisotopic (exact) mass is 835 g/mol. The molecule has 0 saturated heterocycles. The van der Waals surface area contributed by atoms with E-state index in [1.54, 1.807) is 11.3 Å². The summed E-state index contributed by atoms with van der Waals surface area (Å²) in [6, 6.07) is 70.9. The van der Waals surface area contributed by atoms with E-state index in [0.29, 0.717) is 17.5 Å². The van der Waals surface area contributed by atoms with E-state index in [0.717, 1.165) is 82.7 Å². The molecule has 5 heterocycles. The third-order valence-electron chi connectivity index (χ3n) is 12.8. The molecule has 298 valence electrons. The molecule has 7 heteroatoms. The number of furan rings is 1. The molecule has 14 rings (SSSR count). The van der Waals surface area contributed by atoms with Crippen LogP contribution in [0.4, 0.5) is 0 Å². The number of para-hydroxylation sites is 5. The first kappa shape index (κ1) is 35.2. The van der Waals surface area contributed by atoms with Crippen LogP contribution in [0.3, 0.4) is 0 Å². The Balaban J connectivity index is 1.02. The van der Waals surface area contributed by atoms with Gasteiger partial charge in [-0.05, 0) is 84.9 Å². The van der Waals surface area contributed by atoms with Gasteiger partial charge in [-0.1, -0.05) is 115 Å². The van der Waals surface area contributed by atoms with Gasteiger partial charge < -0.3 is 13.6 Å². The number of thiophene rings is 1. The highest BCUT2D eigenvalue weighted by atomic mass is 32.1. The Hall–Kier alpha value is -8.39. The van der Waals surface area contributed by atoms with Gasteiger partial charge in [0.2, 0.25) is 0 Å². The van der Waals surface area contributed by atoms with Crippen molar-refractivity contribution in [1.82, 2.24) is 24.1 Å². The summed E-state index contributed by atoms with van der Waals surface area (Å²) in [4.78, 5) is 15.9. The predicted molar refractivity (Wildman–Crippen MR) is 265 cm³/mol. The molecular weight excluding hydrogens is 803 g/mol. The highest BCUT2D eigenvalue weighted by Crippen LogP contribution is 2.43. The normalized spacial score (nSPS) is 12.1. The first-order valence-electron chi connectivity index (χ1n) is 21.4. The van der Waals surface area contributed by atoms with Crippen molar-refractivity contribution in [2.45, 2.75) is 0 Å². The van der Waals surface area contributed by atoms with Crippen molar-refractivity contribution in [2.75, 3.05) is 0 Å². The molecule has 14 aromatic rings. The van der Waals surface area contributed by atoms with Crippen molar-refractivity contribution in [3.63, 3.8) is 0 Å². The highest BCUT2D eigenvalue weighted by Gasteiger charge is 2.22. The molecule has 0 unspecified atom stereocenters. The second-order valence-corrected chi connectivity index (χ2v) is 17.4. The molecule has 9 aromatic carbocycles. The molecule has 0 aliphatic rings. The largest absolute Gasteiger partial charge is 0.456 e. The maximum atomic E-state index is 6.23. The molecule has 0 atom stereocenters. The molecule has 5 aromatic heterocycles. The van der Waals surface area contributed by atoms with Crippen LogP contribution in [0.5, 0.6) is 0 Å². The van der Waals surface area contributed by atoms with Crippen molar-refractivity contribution in [3.8, 4) is 45.5 Å². The molecule has 0 N–H and O–H groups in total. The predicted octanol–water partition coefficient (Wildman–Crippen LogP) is 15.3. The smallest absolute Gasteiger partial charge is 0.164 e. The van der Waals surface area contributed by atoms with Crippen molar-refractivity contribution in [2.24, 2.45) is 0 Å². The van der Waals surface area contributed by atoms with Crippen LogP contribution in [0.25, 0.3) is 131 Å². The molecule has 0 amide bonds. The van der Waals surface area contributed by atoms with Crippen molar-refractivity contribution in [3.05, 3.63) is 200 Å². The van der Waals surface area contributed by atoms with E-state index >= 15 is 0 Å². The van der Waals surface area contributed by atoms with E-state index in [1.807, 2.05) is 24.3 Å². The fourth-order valence-corrected chi connectivity index (χ4v) is 11.1. The van der Waals surface area contributed by atoms with Crippen LogP contribution in [-0.4, -0.2) is 24.1 Å². The van der Waals surface area contributed by atoms with Gasteiger partial charge >= 0.3 is 0 Å². The summed E-state index contributed by atoms with van der Waals surface area (Å²) in [5, 5.41) is 9.14. The molecule has 64 heavy (non-hydrogen) atoms. The summed E-state index contributed by atoms with van der Waals surface area (Å²) < 4.78 is 13.5. The number of rotatable bonds is 5. The molecule has 0 fully saturated rings. The van der Waals surface area contributed by atoms with Gasteiger partial charge in [-0.15, -0.1) is 11.3 Å². The fraction of sp³-hybridized carbons (Fsp3) is 0. The van der Waals surface area contributed by atoms with Gasteiger partial charge in [0, 0.05) is 74.9 Å². The zero-order valence-corrected chi connectivity index (χ0v) is 34.9. The minimum atomic E-state index is 0.603. The maximum Gasteiger partial charge on any atom is 0.164 e. The number of aromatic nitrogens is 5. The molecule has 0 aliphatic carbocycles. The lowest BCUT2D eigenvalue weighted by Crippen LogP contribution is -2.01. The van der Waals surface area contributed by atoms with Gasteiger partial charge in [0.15, 0.2) is 17.5 Å². The molecule has 0 spiro atoms. The van der Waals surface area contributed by atoms with Crippen LogP contribution < -0.4 is 0 Å². The van der Waals surface area contributed by atoms with Gasteiger partial charge in [-0.2, -0.15) is 0 Å². The average molecular weight is 836 g/mol.